The Labute approximate surface area is 175 Å². The maximum atomic E-state index is 6.26. The van der Waals surface area contributed by atoms with E-state index in [0.29, 0.717) is 5.88 Å². The minimum Gasteiger partial charge on any atom is -0.438 e. The summed E-state index contributed by atoms with van der Waals surface area (Å²) in [6, 6.07) is 19.1. The van der Waals surface area contributed by atoms with Crippen LogP contribution in [0.15, 0.2) is 71.7 Å². The number of rotatable bonds is 1. The predicted molar refractivity (Wildman–Crippen MR) is 115 cm³/mol. The molecule has 0 radical (unpaired) electrons. The van der Waals surface area contributed by atoms with Crippen LogP contribution in [0.4, 0.5) is 0 Å². The van der Waals surface area contributed by atoms with Crippen molar-refractivity contribution in [2.24, 2.45) is 0 Å². The van der Waals surface area contributed by atoms with Gasteiger partial charge in [0, 0.05) is 16.0 Å². The highest BCUT2D eigenvalue weighted by Crippen LogP contribution is 2.50. The molecule has 29 heavy (non-hydrogen) atoms. The first-order valence-corrected chi connectivity index (χ1v) is 10.1. The van der Waals surface area contributed by atoms with Crippen molar-refractivity contribution in [2.45, 2.75) is 12.8 Å². The van der Waals surface area contributed by atoms with Crippen LogP contribution in [0.2, 0.25) is 0 Å². The number of nitrogens with zero attached hydrogens (tertiary/aromatic N) is 4. The number of halogens is 1. The van der Waals surface area contributed by atoms with Crippen LogP contribution >= 0.6 is 15.9 Å². The highest BCUT2D eigenvalue weighted by Gasteiger charge is 2.34. The summed E-state index contributed by atoms with van der Waals surface area (Å²) in [6.07, 6.45) is 3.20. The van der Waals surface area contributed by atoms with E-state index in [-0.39, 0.29) is 5.92 Å². The molecule has 0 spiro atoms. The molecule has 0 bridgehead atoms. The standard InChI is InChI=1S/C23H15BrN4O/c1-13-2-4-14(5-3-13)19-20-17-8-7-16(24)10-15(17)6-9-18(20)29-23-21(19)22-25-11-27-28(22)12-26-23/h2-12,19H,1H3. The van der Waals surface area contributed by atoms with E-state index in [9.17, 15) is 0 Å². The van der Waals surface area contributed by atoms with Crippen molar-refractivity contribution in [2.75, 3.05) is 0 Å². The van der Waals surface area contributed by atoms with Crippen LogP contribution < -0.4 is 4.74 Å². The van der Waals surface area contributed by atoms with Crippen molar-refractivity contribution in [1.29, 1.82) is 0 Å². The summed E-state index contributed by atoms with van der Waals surface area (Å²) in [5, 5.41) is 6.59. The van der Waals surface area contributed by atoms with Gasteiger partial charge in [-0.25, -0.2) is 14.5 Å². The average molecular weight is 443 g/mol. The number of hydrogen-bond donors (Lipinski definition) is 0. The third-order valence-electron chi connectivity index (χ3n) is 5.51. The topological polar surface area (TPSA) is 52.3 Å². The number of fused-ring (bicyclic) bond motifs is 6. The van der Waals surface area contributed by atoms with E-state index in [1.807, 2.05) is 6.07 Å². The van der Waals surface area contributed by atoms with Gasteiger partial charge in [-0.2, -0.15) is 5.10 Å². The minimum absolute atomic E-state index is 0.0559. The molecule has 0 N–H and O–H groups in total. The molecule has 0 saturated carbocycles. The molecule has 5 aromatic rings. The maximum absolute atomic E-state index is 6.26. The van der Waals surface area contributed by atoms with Crippen molar-refractivity contribution < 1.29 is 4.74 Å². The molecule has 0 fully saturated rings. The first kappa shape index (κ1) is 16.7. The second-order valence-electron chi connectivity index (χ2n) is 7.28. The van der Waals surface area contributed by atoms with Gasteiger partial charge in [0.2, 0.25) is 5.88 Å². The Morgan fingerprint density at radius 2 is 1.83 bits per heavy atom. The van der Waals surface area contributed by atoms with Crippen LogP contribution in [0.25, 0.3) is 16.4 Å². The van der Waals surface area contributed by atoms with Crippen LogP contribution in [0, 0.1) is 6.92 Å². The summed E-state index contributed by atoms with van der Waals surface area (Å²) in [4.78, 5) is 9.05. The molecule has 3 aromatic carbocycles. The van der Waals surface area contributed by atoms with Crippen molar-refractivity contribution in [1.82, 2.24) is 19.6 Å². The van der Waals surface area contributed by atoms with Crippen molar-refractivity contribution in [3.63, 3.8) is 0 Å². The Morgan fingerprint density at radius 3 is 2.69 bits per heavy atom. The van der Waals surface area contributed by atoms with Crippen LogP contribution in [0.1, 0.15) is 28.2 Å². The van der Waals surface area contributed by atoms with E-state index in [2.05, 4.69) is 86.5 Å². The third kappa shape index (κ3) is 2.49. The fourth-order valence-electron chi connectivity index (χ4n) is 4.17. The van der Waals surface area contributed by atoms with Gasteiger partial charge >= 0.3 is 0 Å². The summed E-state index contributed by atoms with van der Waals surface area (Å²) in [6.45, 7) is 2.10. The zero-order chi connectivity index (χ0) is 19.5. The molecule has 6 rings (SSSR count). The Hall–Kier alpha value is -3.25. The van der Waals surface area contributed by atoms with Gasteiger partial charge in [0.15, 0.2) is 5.65 Å². The normalized spacial score (nSPS) is 15.2. The van der Waals surface area contributed by atoms with E-state index in [1.54, 1.807) is 17.2 Å². The lowest BCUT2D eigenvalue weighted by molar-refractivity contribution is 0.433. The summed E-state index contributed by atoms with van der Waals surface area (Å²) >= 11 is 3.59. The lowest BCUT2D eigenvalue weighted by Crippen LogP contribution is -2.15. The molecule has 0 amide bonds. The average Bonchev–Trinajstić information content (AvgIpc) is 3.21. The van der Waals surface area contributed by atoms with Crippen LogP contribution in [0.5, 0.6) is 11.6 Å². The molecule has 6 heteroatoms. The molecule has 1 aliphatic heterocycles. The van der Waals surface area contributed by atoms with E-state index < -0.39 is 0 Å². The summed E-state index contributed by atoms with van der Waals surface area (Å²) < 4.78 is 9.02. The van der Waals surface area contributed by atoms with Crippen LogP contribution in [0.3, 0.4) is 0 Å². The maximum Gasteiger partial charge on any atom is 0.228 e. The smallest absolute Gasteiger partial charge is 0.228 e. The van der Waals surface area contributed by atoms with Crippen molar-refractivity contribution in [3.05, 3.63) is 94.0 Å². The molecule has 1 unspecified atom stereocenters. The van der Waals surface area contributed by atoms with Gasteiger partial charge in [0.1, 0.15) is 18.4 Å². The molecule has 2 aromatic heterocycles. The second kappa shape index (κ2) is 6.12. The molecule has 1 aliphatic rings. The van der Waals surface area contributed by atoms with Crippen LogP contribution in [-0.2, 0) is 0 Å². The van der Waals surface area contributed by atoms with Gasteiger partial charge in [0.05, 0.1) is 5.56 Å². The summed E-state index contributed by atoms with van der Waals surface area (Å²) in [5.74, 6) is 1.36. The fraction of sp³-hybridized carbons (Fsp3) is 0.0870. The second-order valence-corrected chi connectivity index (χ2v) is 8.20. The number of aromatic nitrogens is 4. The molecular formula is C23H15BrN4O. The Balaban J connectivity index is 1.74. The molecular weight excluding hydrogens is 428 g/mol. The van der Waals surface area contributed by atoms with Crippen molar-refractivity contribution >= 4 is 32.3 Å². The number of benzene rings is 3. The van der Waals surface area contributed by atoms with Gasteiger partial charge in [-0.3, -0.25) is 0 Å². The van der Waals surface area contributed by atoms with E-state index in [4.69, 9.17) is 4.74 Å². The summed E-state index contributed by atoms with van der Waals surface area (Å²) in [7, 11) is 0. The first-order valence-electron chi connectivity index (χ1n) is 9.34. The monoisotopic (exact) mass is 442 g/mol. The van der Waals surface area contributed by atoms with Gasteiger partial charge in [0.25, 0.3) is 0 Å². The molecule has 0 aliphatic carbocycles. The van der Waals surface area contributed by atoms with E-state index in [0.717, 1.165) is 37.8 Å². The summed E-state index contributed by atoms with van der Waals surface area (Å²) in [5.41, 5.74) is 5.23. The van der Waals surface area contributed by atoms with Crippen molar-refractivity contribution in [3.8, 4) is 11.6 Å². The fourth-order valence-corrected chi connectivity index (χ4v) is 4.54. The highest BCUT2D eigenvalue weighted by molar-refractivity contribution is 9.10. The molecule has 3 heterocycles. The van der Waals surface area contributed by atoms with E-state index in [1.165, 1.54) is 11.1 Å². The Kier molecular flexibility index (Phi) is 3.52. The number of ether oxygens (including phenoxy) is 1. The zero-order valence-corrected chi connectivity index (χ0v) is 17.1. The van der Waals surface area contributed by atoms with Gasteiger partial charge in [-0.05, 0) is 41.5 Å². The lowest BCUT2D eigenvalue weighted by atomic mass is 9.81. The number of aryl methyl sites for hydroxylation is 1. The quantitative estimate of drug-likeness (QED) is 0.330. The Morgan fingerprint density at radius 1 is 0.966 bits per heavy atom. The SMILES string of the molecule is Cc1ccc(C2c3c(ccc4cc(Br)ccc34)Oc3ncn4ncnc4c32)cc1. The third-order valence-corrected chi connectivity index (χ3v) is 6.00. The van der Waals surface area contributed by atoms with E-state index >= 15 is 0 Å². The van der Waals surface area contributed by atoms with Crippen LogP contribution in [-0.4, -0.2) is 19.6 Å². The minimum atomic E-state index is -0.0559. The van der Waals surface area contributed by atoms with Gasteiger partial charge < -0.3 is 4.74 Å². The highest BCUT2D eigenvalue weighted by atomic mass is 79.9. The molecule has 5 nitrogen and oxygen atoms in total. The lowest BCUT2D eigenvalue weighted by Gasteiger charge is -2.29. The van der Waals surface area contributed by atoms with Gasteiger partial charge in [-0.15, -0.1) is 0 Å². The molecule has 1 atom stereocenters. The zero-order valence-electron chi connectivity index (χ0n) is 15.5. The van der Waals surface area contributed by atoms with Gasteiger partial charge in [-0.1, -0.05) is 57.9 Å². The number of hydrogen-bond acceptors (Lipinski definition) is 4. The Bertz CT molecular complexity index is 1410. The predicted octanol–water partition coefficient (Wildman–Crippen LogP) is 5.63. The largest absolute Gasteiger partial charge is 0.438 e. The molecule has 140 valence electrons. The molecule has 0 saturated heterocycles. The first-order chi connectivity index (χ1) is 14.2.